The lowest BCUT2D eigenvalue weighted by Crippen LogP contribution is -2.24. The Morgan fingerprint density at radius 1 is 1.24 bits per heavy atom. The van der Waals surface area contributed by atoms with Gasteiger partial charge in [0.05, 0.1) is 12.2 Å². The molecule has 0 radical (unpaired) electrons. The highest BCUT2D eigenvalue weighted by atomic mass is 35.5. The van der Waals surface area contributed by atoms with Crippen molar-refractivity contribution in [3.8, 4) is 0 Å². The first-order valence-corrected chi connectivity index (χ1v) is 7.64. The summed E-state index contributed by atoms with van der Waals surface area (Å²) in [4.78, 5) is 12.5. The maximum absolute atomic E-state index is 12.2. The molecule has 0 N–H and O–H groups in total. The number of nitrogens with zero attached hydrogens (tertiary/aromatic N) is 4. The molecule has 0 saturated carbocycles. The predicted octanol–water partition coefficient (Wildman–Crippen LogP) is 0.675. The van der Waals surface area contributed by atoms with Gasteiger partial charge in [0.1, 0.15) is 4.90 Å². The van der Waals surface area contributed by atoms with Gasteiger partial charge in [0, 0.05) is 21.1 Å². The number of carbonyl (C=O) groups excluding carboxylic acids is 1. The largest absolute Gasteiger partial charge is 0.364 e. The highest BCUT2D eigenvalue weighted by molar-refractivity contribution is 7.89. The molecule has 8 nitrogen and oxygen atoms in total. The smallest absolute Gasteiger partial charge is 0.244 e. The highest BCUT2D eigenvalue weighted by Crippen LogP contribution is 2.29. The van der Waals surface area contributed by atoms with Crippen molar-refractivity contribution < 1.29 is 17.8 Å². The van der Waals surface area contributed by atoms with Crippen molar-refractivity contribution in [3.05, 3.63) is 12.1 Å². The molecule has 21 heavy (non-hydrogen) atoms. The zero-order chi connectivity index (χ0) is 15.8. The van der Waals surface area contributed by atoms with Gasteiger partial charge in [-0.1, -0.05) is 0 Å². The second-order valence-corrected chi connectivity index (χ2v) is 7.08. The Morgan fingerprint density at radius 3 is 2.43 bits per heavy atom. The van der Waals surface area contributed by atoms with Crippen LogP contribution in [0.25, 0.3) is 11.0 Å². The highest BCUT2D eigenvalue weighted by Gasteiger charge is 2.25. The molecule has 114 valence electrons. The average molecular weight is 333 g/mol. The fraction of sp³-hybridized carbons (Fsp3) is 0.364. The van der Waals surface area contributed by atoms with Gasteiger partial charge in [-0.25, -0.2) is 17.4 Å². The summed E-state index contributed by atoms with van der Waals surface area (Å²) in [5.74, 6) is 0. The van der Waals surface area contributed by atoms with Crippen LogP contribution >= 0.6 is 11.6 Å². The van der Waals surface area contributed by atoms with Gasteiger partial charge >= 0.3 is 0 Å². The summed E-state index contributed by atoms with van der Waals surface area (Å²) < 4.78 is 30.2. The molecule has 2 aromatic rings. The second kappa shape index (κ2) is 5.58. The zero-order valence-electron chi connectivity index (χ0n) is 11.6. The minimum absolute atomic E-state index is 0.0156. The maximum atomic E-state index is 12.2. The van der Waals surface area contributed by atoms with E-state index in [1.807, 2.05) is 0 Å². The van der Waals surface area contributed by atoms with E-state index in [1.54, 1.807) is 7.05 Å². The Hall–Kier alpha value is -1.71. The third-order valence-corrected chi connectivity index (χ3v) is 4.85. The van der Waals surface area contributed by atoms with Crippen LogP contribution < -0.4 is 4.90 Å². The van der Waals surface area contributed by atoms with E-state index < -0.39 is 15.3 Å². The van der Waals surface area contributed by atoms with Gasteiger partial charge in [-0.3, -0.25) is 4.79 Å². The van der Waals surface area contributed by atoms with Crippen LogP contribution in [-0.4, -0.2) is 56.0 Å². The van der Waals surface area contributed by atoms with Crippen molar-refractivity contribution in [2.45, 2.75) is 4.90 Å². The molecular weight excluding hydrogens is 320 g/mol. The second-order valence-electron chi connectivity index (χ2n) is 4.54. The normalized spacial score (nSPS) is 12.0. The number of likely N-dealkylation sites (N-methyl/N-ethyl adjacent to an activating group) is 1. The van der Waals surface area contributed by atoms with Crippen molar-refractivity contribution >= 4 is 43.6 Å². The molecule has 0 unspecified atom stereocenters. The van der Waals surface area contributed by atoms with E-state index >= 15 is 0 Å². The third kappa shape index (κ3) is 2.85. The van der Waals surface area contributed by atoms with Crippen molar-refractivity contribution in [1.29, 1.82) is 0 Å². The van der Waals surface area contributed by atoms with E-state index in [9.17, 15) is 13.2 Å². The van der Waals surface area contributed by atoms with Crippen molar-refractivity contribution in [1.82, 2.24) is 14.6 Å². The topological polar surface area (TPSA) is 96.6 Å². The number of aromatic nitrogens is 2. The van der Waals surface area contributed by atoms with Crippen LogP contribution in [0.3, 0.4) is 0 Å². The molecule has 0 atom stereocenters. The standard InChI is InChI=1S/C11H13ClN4O4S/c1-15(2)21(18,19)8-5-4-7(16(3)6-9(12)17)10-11(8)14-20-13-10/h4-5H,6H2,1-3H3. The fourth-order valence-corrected chi connectivity index (χ4v) is 3.01. The van der Waals surface area contributed by atoms with Gasteiger partial charge < -0.3 is 4.90 Å². The Morgan fingerprint density at radius 2 is 1.86 bits per heavy atom. The van der Waals surface area contributed by atoms with Crippen LogP contribution in [0.15, 0.2) is 21.7 Å². The minimum Gasteiger partial charge on any atom is -0.364 e. The molecule has 0 aliphatic heterocycles. The summed E-state index contributed by atoms with van der Waals surface area (Å²) in [5.41, 5.74) is 0.853. The van der Waals surface area contributed by atoms with E-state index in [1.165, 1.54) is 31.1 Å². The van der Waals surface area contributed by atoms with E-state index in [0.29, 0.717) is 5.69 Å². The summed E-state index contributed by atoms with van der Waals surface area (Å²) in [5, 5.41) is 6.82. The summed E-state index contributed by atoms with van der Waals surface area (Å²) in [6.45, 7) is -0.0523. The number of hydrogen-bond acceptors (Lipinski definition) is 7. The van der Waals surface area contributed by atoms with Crippen LogP contribution in [0, 0.1) is 0 Å². The summed E-state index contributed by atoms with van der Waals surface area (Å²) in [6, 6.07) is 2.93. The van der Waals surface area contributed by atoms with Gasteiger partial charge in [-0.2, -0.15) is 0 Å². The van der Waals surface area contributed by atoms with Gasteiger partial charge in [0.15, 0.2) is 11.0 Å². The number of carbonyl (C=O) groups is 1. The predicted molar refractivity (Wildman–Crippen MR) is 76.8 cm³/mol. The van der Waals surface area contributed by atoms with E-state index in [2.05, 4.69) is 14.9 Å². The van der Waals surface area contributed by atoms with Crippen LogP contribution in [-0.2, 0) is 14.8 Å². The lowest BCUT2D eigenvalue weighted by Gasteiger charge is -2.18. The molecule has 0 aliphatic rings. The molecule has 2 rings (SSSR count). The van der Waals surface area contributed by atoms with Crippen molar-refractivity contribution in [3.63, 3.8) is 0 Å². The van der Waals surface area contributed by atoms with Crippen LogP contribution in [0.5, 0.6) is 0 Å². The number of sulfonamides is 1. The molecule has 1 aromatic heterocycles. The Kier molecular flexibility index (Phi) is 4.17. The molecular formula is C11H13ClN4O4S. The van der Waals surface area contributed by atoms with Gasteiger partial charge in [0.2, 0.25) is 15.3 Å². The van der Waals surface area contributed by atoms with Crippen LogP contribution in [0.4, 0.5) is 5.69 Å². The molecule has 0 aliphatic carbocycles. The minimum atomic E-state index is -3.68. The first-order valence-electron chi connectivity index (χ1n) is 5.82. The summed E-state index contributed by atoms with van der Waals surface area (Å²) in [6.07, 6.45) is 0. The molecule has 0 fully saturated rings. The van der Waals surface area contributed by atoms with Gasteiger partial charge in [-0.05, 0) is 34.0 Å². The first kappa shape index (κ1) is 15.7. The fourth-order valence-electron chi connectivity index (χ4n) is 1.82. The van der Waals surface area contributed by atoms with E-state index in [4.69, 9.17) is 11.6 Å². The van der Waals surface area contributed by atoms with Crippen LogP contribution in [0.2, 0.25) is 0 Å². The Balaban J connectivity index is 2.62. The van der Waals surface area contributed by atoms with Gasteiger partial charge in [-0.15, -0.1) is 0 Å². The van der Waals surface area contributed by atoms with Crippen molar-refractivity contribution in [2.75, 3.05) is 32.6 Å². The molecule has 0 bridgehead atoms. The number of hydrogen-bond donors (Lipinski definition) is 0. The summed E-state index contributed by atoms with van der Waals surface area (Å²) >= 11 is 5.35. The van der Waals surface area contributed by atoms with E-state index in [-0.39, 0.29) is 22.5 Å². The third-order valence-electron chi connectivity index (χ3n) is 2.89. The number of rotatable bonds is 5. The monoisotopic (exact) mass is 332 g/mol. The molecule has 0 saturated heterocycles. The maximum Gasteiger partial charge on any atom is 0.244 e. The zero-order valence-corrected chi connectivity index (χ0v) is 13.1. The number of anilines is 1. The molecule has 1 aromatic carbocycles. The lowest BCUT2D eigenvalue weighted by molar-refractivity contribution is -0.110. The Labute approximate surface area is 126 Å². The first-order chi connectivity index (χ1) is 9.75. The van der Waals surface area contributed by atoms with Gasteiger partial charge in [0.25, 0.3) is 0 Å². The van der Waals surface area contributed by atoms with Crippen LogP contribution in [0.1, 0.15) is 0 Å². The molecule has 1 heterocycles. The lowest BCUT2D eigenvalue weighted by atomic mass is 10.2. The number of halogens is 1. The molecule has 10 heteroatoms. The molecule has 0 amide bonds. The SMILES string of the molecule is CN(CC(=O)Cl)c1ccc(S(=O)(=O)N(C)C)c2nonc12. The van der Waals surface area contributed by atoms with Crippen molar-refractivity contribution in [2.24, 2.45) is 0 Å². The molecule has 0 spiro atoms. The number of fused-ring (bicyclic) bond motifs is 1. The average Bonchev–Trinajstić information content (AvgIpc) is 2.84. The quantitative estimate of drug-likeness (QED) is 0.742. The van der Waals surface area contributed by atoms with E-state index in [0.717, 1.165) is 4.31 Å². The Bertz CT molecular complexity index is 787. The number of benzene rings is 1. The summed E-state index contributed by atoms with van der Waals surface area (Å²) in [7, 11) is 0.784.